The molecule has 96 valence electrons. The zero-order valence-corrected chi connectivity index (χ0v) is 9.64. The normalized spacial score (nSPS) is 20.7. The van der Waals surface area contributed by atoms with Crippen molar-refractivity contribution in [2.24, 2.45) is 0 Å². The van der Waals surface area contributed by atoms with E-state index in [0.717, 1.165) is 24.9 Å². The second kappa shape index (κ2) is 4.02. The average molecular weight is 254 g/mol. The Balaban J connectivity index is 2.01. The van der Waals surface area contributed by atoms with E-state index in [1.165, 1.54) is 6.07 Å². The molecule has 5 heteroatoms. The van der Waals surface area contributed by atoms with E-state index in [2.05, 4.69) is 10.3 Å². The molecule has 1 fully saturated rings. The van der Waals surface area contributed by atoms with Gasteiger partial charge < -0.3 is 10.3 Å². The van der Waals surface area contributed by atoms with Crippen LogP contribution in [0.5, 0.6) is 0 Å². The molecule has 1 unspecified atom stereocenters. The van der Waals surface area contributed by atoms with E-state index in [4.69, 9.17) is 0 Å². The standard InChI is InChI=1S/C13H13F3N2/c14-13(15,16)12-7-9-6-8(3-4-11(9)18-12)10-2-1-5-17-10/h3-4,6-7,10,17-18H,1-2,5H2. The highest BCUT2D eigenvalue weighted by Crippen LogP contribution is 2.32. The van der Waals surface area contributed by atoms with E-state index >= 15 is 0 Å². The van der Waals surface area contributed by atoms with Gasteiger partial charge in [-0.3, -0.25) is 0 Å². The summed E-state index contributed by atoms with van der Waals surface area (Å²) in [6.07, 6.45) is -2.16. The molecule has 0 aliphatic carbocycles. The first kappa shape index (κ1) is 11.6. The van der Waals surface area contributed by atoms with Crippen molar-refractivity contribution in [1.82, 2.24) is 10.3 Å². The summed E-state index contributed by atoms with van der Waals surface area (Å²) in [4.78, 5) is 2.41. The van der Waals surface area contributed by atoms with Crippen molar-refractivity contribution in [3.05, 3.63) is 35.5 Å². The number of aromatic nitrogens is 1. The monoisotopic (exact) mass is 254 g/mol. The molecule has 1 aliphatic heterocycles. The Labute approximate surface area is 102 Å². The first-order valence-electron chi connectivity index (χ1n) is 5.97. The average Bonchev–Trinajstić information content (AvgIpc) is 2.96. The summed E-state index contributed by atoms with van der Waals surface area (Å²) in [5, 5.41) is 3.96. The summed E-state index contributed by atoms with van der Waals surface area (Å²) < 4.78 is 37.8. The number of alkyl halides is 3. The van der Waals surface area contributed by atoms with Crippen molar-refractivity contribution >= 4 is 10.9 Å². The fourth-order valence-corrected chi connectivity index (χ4v) is 2.49. The van der Waals surface area contributed by atoms with Crippen LogP contribution in [0.3, 0.4) is 0 Å². The highest BCUT2D eigenvalue weighted by Gasteiger charge is 2.32. The third-order valence-corrected chi connectivity index (χ3v) is 3.41. The van der Waals surface area contributed by atoms with E-state index in [1.807, 2.05) is 12.1 Å². The van der Waals surface area contributed by atoms with Gasteiger partial charge in [0, 0.05) is 16.9 Å². The highest BCUT2D eigenvalue weighted by molar-refractivity contribution is 5.81. The third-order valence-electron chi connectivity index (χ3n) is 3.41. The van der Waals surface area contributed by atoms with Gasteiger partial charge in [-0.2, -0.15) is 13.2 Å². The zero-order valence-electron chi connectivity index (χ0n) is 9.64. The first-order chi connectivity index (χ1) is 8.54. The molecule has 0 saturated carbocycles. The summed E-state index contributed by atoms with van der Waals surface area (Å²) >= 11 is 0. The van der Waals surface area contributed by atoms with Crippen LogP contribution in [0.4, 0.5) is 13.2 Å². The molecule has 1 aromatic carbocycles. The molecule has 0 spiro atoms. The number of nitrogens with one attached hydrogen (secondary N) is 2. The van der Waals surface area contributed by atoms with Crippen LogP contribution < -0.4 is 5.32 Å². The minimum Gasteiger partial charge on any atom is -0.351 e. The van der Waals surface area contributed by atoms with Crippen LogP contribution in [-0.2, 0) is 6.18 Å². The zero-order chi connectivity index (χ0) is 12.8. The van der Waals surface area contributed by atoms with Crippen LogP contribution in [-0.4, -0.2) is 11.5 Å². The largest absolute Gasteiger partial charge is 0.431 e. The molecular formula is C13H13F3N2. The van der Waals surface area contributed by atoms with Crippen LogP contribution in [0.25, 0.3) is 10.9 Å². The van der Waals surface area contributed by atoms with E-state index in [1.54, 1.807) is 6.07 Å². The molecule has 0 amide bonds. The lowest BCUT2D eigenvalue weighted by Crippen LogP contribution is -2.12. The van der Waals surface area contributed by atoms with Crippen molar-refractivity contribution in [3.63, 3.8) is 0 Å². The lowest BCUT2D eigenvalue weighted by atomic mass is 10.0. The van der Waals surface area contributed by atoms with Gasteiger partial charge in [-0.25, -0.2) is 0 Å². The SMILES string of the molecule is FC(F)(F)c1cc2cc(C3CCCN3)ccc2[nH]1. The van der Waals surface area contributed by atoms with Crippen molar-refractivity contribution in [2.75, 3.05) is 6.54 Å². The second-order valence-corrected chi connectivity index (χ2v) is 4.68. The van der Waals surface area contributed by atoms with Gasteiger partial charge in [-0.05, 0) is 43.1 Å². The van der Waals surface area contributed by atoms with Gasteiger partial charge in [-0.15, -0.1) is 0 Å². The number of H-pyrrole nitrogens is 1. The topological polar surface area (TPSA) is 27.8 Å². The molecule has 1 atom stereocenters. The molecule has 0 bridgehead atoms. The maximum absolute atomic E-state index is 12.6. The summed E-state index contributed by atoms with van der Waals surface area (Å²) in [5.74, 6) is 0. The minimum absolute atomic E-state index is 0.277. The quantitative estimate of drug-likeness (QED) is 0.799. The van der Waals surface area contributed by atoms with E-state index in [0.29, 0.717) is 10.9 Å². The molecule has 18 heavy (non-hydrogen) atoms. The van der Waals surface area contributed by atoms with E-state index in [9.17, 15) is 13.2 Å². The van der Waals surface area contributed by atoms with Crippen LogP contribution in [0.2, 0.25) is 0 Å². The molecule has 2 aromatic rings. The van der Waals surface area contributed by atoms with Gasteiger partial charge in [0.2, 0.25) is 0 Å². The Morgan fingerprint density at radius 2 is 2.00 bits per heavy atom. The number of aromatic amines is 1. The van der Waals surface area contributed by atoms with Gasteiger partial charge in [0.1, 0.15) is 5.69 Å². The Morgan fingerprint density at radius 1 is 1.17 bits per heavy atom. The molecular weight excluding hydrogens is 241 g/mol. The molecule has 1 saturated heterocycles. The fourth-order valence-electron chi connectivity index (χ4n) is 2.49. The van der Waals surface area contributed by atoms with Crippen LogP contribution in [0.15, 0.2) is 24.3 Å². The van der Waals surface area contributed by atoms with Gasteiger partial charge >= 0.3 is 6.18 Å². The molecule has 2 heterocycles. The smallest absolute Gasteiger partial charge is 0.351 e. The van der Waals surface area contributed by atoms with Crippen LogP contribution in [0.1, 0.15) is 30.1 Å². The molecule has 2 nitrogen and oxygen atoms in total. The molecule has 0 radical (unpaired) electrons. The fraction of sp³-hybridized carbons (Fsp3) is 0.385. The number of halogens is 3. The summed E-state index contributed by atoms with van der Waals surface area (Å²) in [7, 11) is 0. The minimum atomic E-state index is -4.31. The van der Waals surface area contributed by atoms with Crippen LogP contribution in [0, 0.1) is 0 Å². The maximum atomic E-state index is 12.6. The molecule has 1 aromatic heterocycles. The molecule has 1 aliphatic rings. The van der Waals surface area contributed by atoms with E-state index < -0.39 is 11.9 Å². The number of hydrogen-bond donors (Lipinski definition) is 2. The number of rotatable bonds is 1. The predicted octanol–water partition coefficient (Wildman–Crippen LogP) is 3.61. The Morgan fingerprint density at radius 3 is 2.67 bits per heavy atom. The van der Waals surface area contributed by atoms with Crippen LogP contribution >= 0.6 is 0 Å². The Hall–Kier alpha value is -1.49. The second-order valence-electron chi connectivity index (χ2n) is 4.68. The van der Waals surface area contributed by atoms with Crippen molar-refractivity contribution < 1.29 is 13.2 Å². The van der Waals surface area contributed by atoms with E-state index in [-0.39, 0.29) is 6.04 Å². The number of hydrogen-bond acceptors (Lipinski definition) is 1. The van der Waals surface area contributed by atoms with Crippen molar-refractivity contribution in [2.45, 2.75) is 25.1 Å². The lowest BCUT2D eigenvalue weighted by Gasteiger charge is -2.10. The summed E-state index contributed by atoms with van der Waals surface area (Å²) in [5.41, 5.74) is 0.908. The first-order valence-corrected chi connectivity index (χ1v) is 5.97. The van der Waals surface area contributed by atoms with Crippen molar-refractivity contribution in [3.8, 4) is 0 Å². The third kappa shape index (κ3) is 1.99. The van der Waals surface area contributed by atoms with Gasteiger partial charge in [-0.1, -0.05) is 6.07 Å². The Kier molecular flexibility index (Phi) is 2.59. The predicted molar refractivity (Wildman–Crippen MR) is 63.3 cm³/mol. The maximum Gasteiger partial charge on any atom is 0.431 e. The summed E-state index contributed by atoms with van der Waals surface area (Å²) in [6, 6.07) is 6.90. The number of fused-ring (bicyclic) bond motifs is 1. The number of benzene rings is 1. The van der Waals surface area contributed by atoms with Gasteiger partial charge in [0.25, 0.3) is 0 Å². The summed E-state index contributed by atoms with van der Waals surface area (Å²) in [6.45, 7) is 0.976. The Bertz CT molecular complexity index is 565. The van der Waals surface area contributed by atoms with Gasteiger partial charge in [0.15, 0.2) is 0 Å². The lowest BCUT2D eigenvalue weighted by molar-refractivity contribution is -0.140. The van der Waals surface area contributed by atoms with Gasteiger partial charge in [0.05, 0.1) is 0 Å². The highest BCUT2D eigenvalue weighted by atomic mass is 19.4. The molecule has 2 N–H and O–H groups in total. The molecule has 3 rings (SSSR count). The van der Waals surface area contributed by atoms with Crippen molar-refractivity contribution in [1.29, 1.82) is 0 Å².